The molecule has 25 heavy (non-hydrogen) atoms. The van der Waals surface area contributed by atoms with Crippen LogP contribution in [0.15, 0.2) is 54.6 Å². The molecule has 7 heteroatoms. The summed E-state index contributed by atoms with van der Waals surface area (Å²) in [6.07, 6.45) is 0.348. The molecule has 0 aliphatic heterocycles. The maximum atomic E-state index is 12.2. The predicted octanol–water partition coefficient (Wildman–Crippen LogP) is 3.34. The molecule has 0 atom stereocenters. The van der Waals surface area contributed by atoms with Crippen molar-refractivity contribution < 1.29 is 4.79 Å². The standard InChI is InChI=1S/C18H15N5OS/c1-12-20-21-18-23(12)22-17(25-18)14-8-5-9-15(11-14)19-16(24)10-13-6-3-2-4-7-13/h2-9,11H,10H2,1H3,(H,19,24). The molecule has 1 amide bonds. The van der Waals surface area contributed by atoms with Crippen LogP contribution in [0.3, 0.4) is 0 Å². The average Bonchev–Trinajstić information content (AvgIpc) is 3.18. The number of rotatable bonds is 4. The van der Waals surface area contributed by atoms with Crippen molar-refractivity contribution in [1.29, 1.82) is 0 Å². The van der Waals surface area contributed by atoms with E-state index in [9.17, 15) is 4.79 Å². The molecule has 1 N–H and O–H groups in total. The fraction of sp³-hybridized carbons (Fsp3) is 0.111. The van der Waals surface area contributed by atoms with Gasteiger partial charge in [-0.15, -0.1) is 10.2 Å². The van der Waals surface area contributed by atoms with E-state index in [1.54, 1.807) is 4.52 Å². The van der Waals surface area contributed by atoms with Gasteiger partial charge in [0, 0.05) is 11.3 Å². The number of aromatic nitrogens is 4. The number of aryl methyl sites for hydroxylation is 1. The number of anilines is 1. The zero-order valence-corrected chi connectivity index (χ0v) is 14.3. The van der Waals surface area contributed by atoms with Crippen LogP contribution in [-0.2, 0) is 11.2 Å². The molecule has 4 aromatic rings. The highest BCUT2D eigenvalue weighted by Crippen LogP contribution is 2.27. The summed E-state index contributed by atoms with van der Waals surface area (Å²) >= 11 is 1.47. The lowest BCUT2D eigenvalue weighted by molar-refractivity contribution is -0.115. The Labute approximate surface area is 148 Å². The lowest BCUT2D eigenvalue weighted by Gasteiger charge is -2.06. The Morgan fingerprint density at radius 1 is 1.12 bits per heavy atom. The number of benzene rings is 2. The Bertz CT molecular complexity index is 1040. The highest BCUT2D eigenvalue weighted by Gasteiger charge is 2.11. The minimum atomic E-state index is -0.0441. The van der Waals surface area contributed by atoms with Gasteiger partial charge in [-0.05, 0) is 24.6 Å². The molecule has 0 radical (unpaired) electrons. The van der Waals surface area contributed by atoms with E-state index in [-0.39, 0.29) is 5.91 Å². The second kappa shape index (κ2) is 6.45. The van der Waals surface area contributed by atoms with E-state index in [4.69, 9.17) is 0 Å². The van der Waals surface area contributed by atoms with Crippen LogP contribution in [0.2, 0.25) is 0 Å². The van der Waals surface area contributed by atoms with E-state index < -0.39 is 0 Å². The second-order valence-electron chi connectivity index (χ2n) is 5.64. The van der Waals surface area contributed by atoms with Crippen molar-refractivity contribution >= 4 is 27.9 Å². The second-order valence-corrected chi connectivity index (χ2v) is 6.60. The van der Waals surface area contributed by atoms with Gasteiger partial charge in [-0.3, -0.25) is 4.79 Å². The Morgan fingerprint density at radius 3 is 2.76 bits per heavy atom. The molecule has 2 aromatic heterocycles. The topological polar surface area (TPSA) is 72.2 Å². The summed E-state index contributed by atoms with van der Waals surface area (Å²) in [5, 5.41) is 16.4. The maximum absolute atomic E-state index is 12.2. The zero-order chi connectivity index (χ0) is 17.2. The van der Waals surface area contributed by atoms with Crippen molar-refractivity contribution in [2.75, 3.05) is 5.32 Å². The molecule has 2 aromatic carbocycles. The summed E-state index contributed by atoms with van der Waals surface area (Å²) in [6.45, 7) is 1.86. The van der Waals surface area contributed by atoms with E-state index in [0.29, 0.717) is 6.42 Å². The molecule has 0 unspecified atom stereocenters. The summed E-state index contributed by atoms with van der Waals surface area (Å²) in [4.78, 5) is 13.0. The molecule has 6 nitrogen and oxygen atoms in total. The first-order valence-electron chi connectivity index (χ1n) is 7.82. The molecule has 0 fully saturated rings. The molecule has 0 aliphatic rings. The smallest absolute Gasteiger partial charge is 0.234 e. The molecule has 0 aliphatic carbocycles. The third-order valence-electron chi connectivity index (χ3n) is 3.75. The molecule has 4 rings (SSSR count). The number of amides is 1. The first-order valence-corrected chi connectivity index (χ1v) is 8.64. The van der Waals surface area contributed by atoms with Gasteiger partial charge in [0.05, 0.1) is 6.42 Å². The van der Waals surface area contributed by atoms with E-state index in [0.717, 1.165) is 32.6 Å². The highest BCUT2D eigenvalue weighted by molar-refractivity contribution is 7.19. The van der Waals surface area contributed by atoms with Crippen LogP contribution >= 0.6 is 11.3 Å². The fourth-order valence-electron chi connectivity index (χ4n) is 2.55. The fourth-order valence-corrected chi connectivity index (χ4v) is 3.43. The SMILES string of the molecule is Cc1nnc2sc(-c3cccc(NC(=O)Cc4ccccc4)c3)nn12. The third-order valence-corrected chi connectivity index (χ3v) is 4.70. The lowest BCUT2D eigenvalue weighted by atomic mass is 10.1. The number of nitrogens with one attached hydrogen (secondary N) is 1. The van der Waals surface area contributed by atoms with Crippen molar-refractivity contribution in [3.63, 3.8) is 0 Å². The van der Waals surface area contributed by atoms with Gasteiger partial charge < -0.3 is 5.32 Å². The van der Waals surface area contributed by atoms with E-state index in [1.165, 1.54) is 11.3 Å². The number of carbonyl (C=O) groups is 1. The van der Waals surface area contributed by atoms with Crippen molar-refractivity contribution in [2.24, 2.45) is 0 Å². The van der Waals surface area contributed by atoms with Gasteiger partial charge in [0.25, 0.3) is 0 Å². The third kappa shape index (κ3) is 3.27. The van der Waals surface area contributed by atoms with Crippen molar-refractivity contribution in [1.82, 2.24) is 19.8 Å². The summed E-state index contributed by atoms with van der Waals surface area (Å²) in [7, 11) is 0. The van der Waals surface area contributed by atoms with Crippen molar-refractivity contribution in [3.05, 3.63) is 66.0 Å². The minimum Gasteiger partial charge on any atom is -0.326 e. The molecule has 2 heterocycles. The first kappa shape index (κ1) is 15.5. The Kier molecular flexibility index (Phi) is 3.99. The van der Waals surface area contributed by atoms with Crippen LogP contribution in [0.25, 0.3) is 15.5 Å². The van der Waals surface area contributed by atoms with Gasteiger partial charge in [0.15, 0.2) is 5.82 Å². The number of hydrogen-bond acceptors (Lipinski definition) is 5. The molecule has 0 saturated heterocycles. The van der Waals surface area contributed by atoms with E-state index >= 15 is 0 Å². The number of carbonyl (C=O) groups excluding carboxylic acids is 1. The van der Waals surface area contributed by atoms with Gasteiger partial charge in [0.1, 0.15) is 5.01 Å². The van der Waals surface area contributed by atoms with Gasteiger partial charge in [-0.25, -0.2) is 0 Å². The molecular formula is C18H15N5OS. The highest BCUT2D eigenvalue weighted by atomic mass is 32.1. The van der Waals surface area contributed by atoms with E-state index in [1.807, 2.05) is 61.5 Å². The normalized spacial score (nSPS) is 10.9. The van der Waals surface area contributed by atoms with Crippen LogP contribution in [0.4, 0.5) is 5.69 Å². The maximum Gasteiger partial charge on any atom is 0.234 e. The molecule has 124 valence electrons. The first-order chi connectivity index (χ1) is 12.2. The number of hydrogen-bond donors (Lipinski definition) is 1. The Balaban J connectivity index is 1.53. The van der Waals surface area contributed by atoms with Gasteiger partial charge >= 0.3 is 0 Å². The zero-order valence-electron chi connectivity index (χ0n) is 13.5. The summed E-state index contributed by atoms with van der Waals surface area (Å²) in [5.74, 6) is 0.710. The lowest BCUT2D eigenvalue weighted by Crippen LogP contribution is -2.14. The van der Waals surface area contributed by atoms with Gasteiger partial charge in [-0.2, -0.15) is 9.61 Å². The van der Waals surface area contributed by atoms with Crippen LogP contribution in [0.1, 0.15) is 11.4 Å². The minimum absolute atomic E-state index is 0.0441. The molecular weight excluding hydrogens is 334 g/mol. The van der Waals surface area contributed by atoms with Gasteiger partial charge in [-0.1, -0.05) is 53.8 Å². The monoisotopic (exact) mass is 349 g/mol. The van der Waals surface area contributed by atoms with Gasteiger partial charge in [0.2, 0.25) is 10.9 Å². The van der Waals surface area contributed by atoms with Crippen LogP contribution in [-0.4, -0.2) is 25.7 Å². The van der Waals surface area contributed by atoms with Crippen molar-refractivity contribution in [3.8, 4) is 10.6 Å². The van der Waals surface area contributed by atoms with Crippen LogP contribution in [0, 0.1) is 6.92 Å². The Morgan fingerprint density at radius 2 is 1.96 bits per heavy atom. The average molecular weight is 349 g/mol. The number of nitrogens with zero attached hydrogens (tertiary/aromatic N) is 4. The molecule has 0 spiro atoms. The van der Waals surface area contributed by atoms with Crippen molar-refractivity contribution in [2.45, 2.75) is 13.3 Å². The summed E-state index contributed by atoms with van der Waals surface area (Å²) in [6, 6.07) is 17.3. The van der Waals surface area contributed by atoms with E-state index in [2.05, 4.69) is 20.6 Å². The predicted molar refractivity (Wildman–Crippen MR) is 97.6 cm³/mol. The number of fused-ring (bicyclic) bond motifs is 1. The molecule has 0 saturated carbocycles. The largest absolute Gasteiger partial charge is 0.326 e. The summed E-state index contributed by atoms with van der Waals surface area (Å²) in [5.41, 5.74) is 2.67. The van der Waals surface area contributed by atoms with Crippen LogP contribution < -0.4 is 5.32 Å². The molecule has 0 bridgehead atoms. The van der Waals surface area contributed by atoms with Crippen LogP contribution in [0.5, 0.6) is 0 Å². The summed E-state index contributed by atoms with van der Waals surface area (Å²) < 4.78 is 1.72. The quantitative estimate of drug-likeness (QED) is 0.613. The Hall–Kier alpha value is -3.06.